The quantitative estimate of drug-likeness (QED) is 0.278. The Morgan fingerprint density at radius 1 is 0.571 bits per heavy atom. The molecule has 1 aliphatic heterocycles. The standard InChI is InChI=1S/C19H36S2/c1-2-3-4-5-6-7-8-9-10-11-12-13-14-15-16-19-20-17-18-21-19/h17-19H,2-16H2,1H3. The molecule has 124 valence electrons. The van der Waals surface area contributed by atoms with Gasteiger partial charge in [0.05, 0.1) is 4.58 Å². The number of rotatable bonds is 15. The summed E-state index contributed by atoms with van der Waals surface area (Å²) in [4.78, 5) is 0. The first-order chi connectivity index (χ1) is 10.4. The van der Waals surface area contributed by atoms with Crippen LogP contribution in [-0.2, 0) is 0 Å². The van der Waals surface area contributed by atoms with E-state index in [4.69, 9.17) is 0 Å². The molecule has 0 unspecified atom stereocenters. The fourth-order valence-electron chi connectivity index (χ4n) is 2.91. The second-order valence-corrected chi connectivity index (χ2v) is 8.88. The Morgan fingerprint density at radius 2 is 0.952 bits per heavy atom. The maximum atomic E-state index is 2.30. The summed E-state index contributed by atoms with van der Waals surface area (Å²) >= 11 is 4.02. The SMILES string of the molecule is CCCCCCCCCCCCCCCCC1SC=CS1. The lowest BCUT2D eigenvalue weighted by Crippen LogP contribution is -1.91. The van der Waals surface area contributed by atoms with Crippen LogP contribution < -0.4 is 0 Å². The highest BCUT2D eigenvalue weighted by Gasteiger charge is 2.10. The molecular formula is C19H36S2. The molecule has 0 N–H and O–H groups in total. The maximum Gasteiger partial charge on any atom is 0.0585 e. The molecule has 0 spiro atoms. The van der Waals surface area contributed by atoms with E-state index >= 15 is 0 Å². The lowest BCUT2D eigenvalue weighted by molar-refractivity contribution is 0.534. The Hall–Kier alpha value is 0.440. The monoisotopic (exact) mass is 328 g/mol. The minimum absolute atomic E-state index is 0.835. The highest BCUT2D eigenvalue weighted by atomic mass is 32.2. The third kappa shape index (κ3) is 12.6. The predicted octanol–water partition coefficient (Wildman–Crippen LogP) is 8.14. The van der Waals surface area contributed by atoms with Gasteiger partial charge in [-0.2, -0.15) is 0 Å². The van der Waals surface area contributed by atoms with Gasteiger partial charge in [-0.1, -0.05) is 96.8 Å². The minimum atomic E-state index is 0.835. The summed E-state index contributed by atoms with van der Waals surface area (Å²) in [6, 6.07) is 0. The van der Waals surface area contributed by atoms with Crippen molar-refractivity contribution in [1.82, 2.24) is 0 Å². The summed E-state index contributed by atoms with van der Waals surface area (Å²) in [7, 11) is 0. The highest BCUT2D eigenvalue weighted by Crippen LogP contribution is 2.36. The third-order valence-corrected chi connectivity index (χ3v) is 6.81. The van der Waals surface area contributed by atoms with Crippen molar-refractivity contribution in [3.63, 3.8) is 0 Å². The van der Waals surface area contributed by atoms with Gasteiger partial charge in [0, 0.05) is 0 Å². The molecule has 1 rings (SSSR count). The van der Waals surface area contributed by atoms with Crippen LogP contribution in [0.4, 0.5) is 0 Å². The van der Waals surface area contributed by atoms with E-state index in [1.54, 1.807) is 0 Å². The van der Waals surface area contributed by atoms with Crippen LogP contribution in [-0.4, -0.2) is 4.58 Å². The molecule has 0 fully saturated rings. The van der Waals surface area contributed by atoms with Gasteiger partial charge in [-0.05, 0) is 17.2 Å². The van der Waals surface area contributed by atoms with Gasteiger partial charge < -0.3 is 0 Å². The Balaban J connectivity index is 1.65. The topological polar surface area (TPSA) is 0 Å². The van der Waals surface area contributed by atoms with Crippen molar-refractivity contribution in [2.45, 2.75) is 108 Å². The fourth-order valence-corrected chi connectivity index (χ4v) is 5.02. The Kier molecular flexibility index (Phi) is 14.2. The smallest absolute Gasteiger partial charge is 0.0585 e. The van der Waals surface area contributed by atoms with Crippen molar-refractivity contribution in [2.24, 2.45) is 0 Å². The third-order valence-electron chi connectivity index (χ3n) is 4.31. The summed E-state index contributed by atoms with van der Waals surface area (Å²) in [6.07, 6.45) is 21.9. The van der Waals surface area contributed by atoms with Crippen LogP contribution in [0.25, 0.3) is 0 Å². The number of hydrogen-bond acceptors (Lipinski definition) is 2. The van der Waals surface area contributed by atoms with Crippen LogP contribution in [0, 0.1) is 0 Å². The molecule has 0 aromatic rings. The number of hydrogen-bond donors (Lipinski definition) is 0. The lowest BCUT2D eigenvalue weighted by Gasteiger charge is -2.07. The van der Waals surface area contributed by atoms with E-state index in [9.17, 15) is 0 Å². The molecule has 0 atom stereocenters. The molecule has 1 aliphatic rings. The molecule has 21 heavy (non-hydrogen) atoms. The van der Waals surface area contributed by atoms with Gasteiger partial charge >= 0.3 is 0 Å². The lowest BCUT2D eigenvalue weighted by atomic mass is 10.0. The summed E-state index contributed by atoms with van der Waals surface area (Å²) < 4.78 is 0.835. The molecule has 2 heteroatoms. The van der Waals surface area contributed by atoms with E-state index in [1.807, 2.05) is 23.5 Å². The molecule has 0 saturated carbocycles. The Labute approximate surface area is 142 Å². The molecule has 0 aromatic carbocycles. The molecule has 0 amide bonds. The predicted molar refractivity (Wildman–Crippen MR) is 103 cm³/mol. The average molecular weight is 329 g/mol. The molecule has 0 bridgehead atoms. The van der Waals surface area contributed by atoms with Crippen LogP contribution in [0.1, 0.15) is 103 Å². The van der Waals surface area contributed by atoms with Gasteiger partial charge in [-0.25, -0.2) is 0 Å². The zero-order valence-corrected chi connectivity index (χ0v) is 15.8. The van der Waals surface area contributed by atoms with Gasteiger partial charge in [0.2, 0.25) is 0 Å². The second-order valence-electron chi connectivity index (χ2n) is 6.36. The van der Waals surface area contributed by atoms with Gasteiger partial charge in [0.15, 0.2) is 0 Å². The van der Waals surface area contributed by atoms with Crippen LogP contribution in [0.15, 0.2) is 10.8 Å². The van der Waals surface area contributed by atoms with Gasteiger partial charge in [0.1, 0.15) is 0 Å². The van der Waals surface area contributed by atoms with E-state index in [0.29, 0.717) is 0 Å². The minimum Gasteiger partial charge on any atom is -0.119 e. The van der Waals surface area contributed by atoms with Crippen LogP contribution in [0.2, 0.25) is 0 Å². The summed E-state index contributed by atoms with van der Waals surface area (Å²) in [5, 5.41) is 4.50. The van der Waals surface area contributed by atoms with Crippen molar-refractivity contribution in [3.05, 3.63) is 10.8 Å². The van der Waals surface area contributed by atoms with E-state index in [-0.39, 0.29) is 0 Å². The first-order valence-electron chi connectivity index (χ1n) is 9.39. The van der Waals surface area contributed by atoms with E-state index in [1.165, 1.54) is 96.3 Å². The zero-order chi connectivity index (χ0) is 15.0. The number of unbranched alkanes of at least 4 members (excludes halogenated alkanes) is 13. The van der Waals surface area contributed by atoms with Gasteiger partial charge in [0.25, 0.3) is 0 Å². The van der Waals surface area contributed by atoms with E-state index in [2.05, 4.69) is 17.7 Å². The van der Waals surface area contributed by atoms with Gasteiger partial charge in [-0.3, -0.25) is 0 Å². The normalized spacial score (nSPS) is 15.1. The van der Waals surface area contributed by atoms with Gasteiger partial charge in [-0.15, -0.1) is 23.5 Å². The number of thioether (sulfide) groups is 2. The zero-order valence-electron chi connectivity index (χ0n) is 14.2. The first-order valence-corrected chi connectivity index (χ1v) is 11.3. The maximum absolute atomic E-state index is 2.30. The van der Waals surface area contributed by atoms with Crippen molar-refractivity contribution >= 4 is 23.5 Å². The first kappa shape index (κ1) is 19.5. The molecule has 0 aliphatic carbocycles. The van der Waals surface area contributed by atoms with Crippen molar-refractivity contribution < 1.29 is 0 Å². The van der Waals surface area contributed by atoms with E-state index < -0.39 is 0 Å². The van der Waals surface area contributed by atoms with Crippen molar-refractivity contribution in [1.29, 1.82) is 0 Å². The largest absolute Gasteiger partial charge is 0.119 e. The van der Waals surface area contributed by atoms with Crippen molar-refractivity contribution in [2.75, 3.05) is 0 Å². The fraction of sp³-hybridized carbons (Fsp3) is 0.895. The Bertz CT molecular complexity index is 230. The summed E-state index contributed by atoms with van der Waals surface area (Å²) in [6.45, 7) is 2.30. The second kappa shape index (κ2) is 15.3. The van der Waals surface area contributed by atoms with Crippen LogP contribution >= 0.6 is 23.5 Å². The highest BCUT2D eigenvalue weighted by molar-refractivity contribution is 8.22. The summed E-state index contributed by atoms with van der Waals surface area (Å²) in [5.74, 6) is 0. The molecule has 0 radical (unpaired) electrons. The van der Waals surface area contributed by atoms with Crippen LogP contribution in [0.5, 0.6) is 0 Å². The molecule has 1 heterocycles. The van der Waals surface area contributed by atoms with E-state index in [0.717, 1.165) is 4.58 Å². The van der Waals surface area contributed by atoms with Crippen LogP contribution in [0.3, 0.4) is 0 Å². The molecule has 0 aromatic heterocycles. The molecule has 0 nitrogen and oxygen atoms in total. The summed E-state index contributed by atoms with van der Waals surface area (Å²) in [5.41, 5.74) is 0. The molecule has 0 saturated heterocycles. The average Bonchev–Trinajstić information content (AvgIpc) is 3.01. The Morgan fingerprint density at radius 3 is 1.38 bits per heavy atom. The van der Waals surface area contributed by atoms with Crippen molar-refractivity contribution in [3.8, 4) is 0 Å². The molecular weight excluding hydrogens is 292 g/mol.